The van der Waals surface area contributed by atoms with Gasteiger partial charge < -0.3 is 15.3 Å². The maximum atomic E-state index is 12.1. The Labute approximate surface area is 124 Å². The van der Waals surface area contributed by atoms with Gasteiger partial charge >= 0.3 is 5.97 Å². The predicted octanol–water partition coefficient (Wildman–Crippen LogP) is 1.47. The third-order valence-electron chi connectivity index (χ3n) is 3.61. The van der Waals surface area contributed by atoms with E-state index in [1.54, 1.807) is 24.3 Å². The van der Waals surface area contributed by atoms with Gasteiger partial charge in [-0.2, -0.15) is 0 Å². The highest BCUT2D eigenvalue weighted by Crippen LogP contribution is 2.13. The van der Waals surface area contributed by atoms with Crippen molar-refractivity contribution in [2.75, 3.05) is 26.7 Å². The lowest BCUT2D eigenvalue weighted by Crippen LogP contribution is -2.30. The van der Waals surface area contributed by atoms with Crippen LogP contribution in [0, 0.1) is 5.92 Å². The Balaban J connectivity index is 1.92. The van der Waals surface area contributed by atoms with Gasteiger partial charge in [-0.3, -0.25) is 4.79 Å². The molecular formula is C16H20N2O3. The van der Waals surface area contributed by atoms with Crippen LogP contribution < -0.4 is 5.32 Å². The second kappa shape index (κ2) is 7.04. The normalized spacial score (nSPS) is 19.0. The van der Waals surface area contributed by atoms with Gasteiger partial charge in [0.2, 0.25) is 0 Å². The first-order valence-electron chi connectivity index (χ1n) is 7.02. The zero-order valence-corrected chi connectivity index (χ0v) is 12.1. The van der Waals surface area contributed by atoms with E-state index in [-0.39, 0.29) is 5.91 Å². The van der Waals surface area contributed by atoms with Crippen molar-refractivity contribution in [3.8, 4) is 0 Å². The Morgan fingerprint density at radius 1 is 1.48 bits per heavy atom. The minimum absolute atomic E-state index is 0.116. The second-order valence-electron chi connectivity index (χ2n) is 5.42. The number of hydrogen-bond acceptors (Lipinski definition) is 3. The summed E-state index contributed by atoms with van der Waals surface area (Å²) in [6, 6.07) is 6.94. The van der Waals surface area contributed by atoms with Crippen LogP contribution in [0.2, 0.25) is 0 Å². The summed E-state index contributed by atoms with van der Waals surface area (Å²) in [4.78, 5) is 24.9. The monoisotopic (exact) mass is 288 g/mol. The van der Waals surface area contributed by atoms with Gasteiger partial charge in [0.15, 0.2) is 0 Å². The quantitative estimate of drug-likeness (QED) is 0.805. The van der Waals surface area contributed by atoms with E-state index < -0.39 is 5.97 Å². The Kier molecular flexibility index (Phi) is 5.11. The highest BCUT2D eigenvalue weighted by Gasteiger charge is 2.19. The molecule has 21 heavy (non-hydrogen) atoms. The van der Waals surface area contributed by atoms with Crippen molar-refractivity contribution in [3.05, 3.63) is 41.5 Å². The van der Waals surface area contributed by atoms with Crippen LogP contribution in [0.4, 0.5) is 0 Å². The molecule has 112 valence electrons. The first-order valence-corrected chi connectivity index (χ1v) is 7.02. The molecule has 1 amide bonds. The topological polar surface area (TPSA) is 69.6 Å². The van der Waals surface area contributed by atoms with Crippen molar-refractivity contribution in [2.24, 2.45) is 5.92 Å². The number of amides is 1. The van der Waals surface area contributed by atoms with E-state index in [1.807, 2.05) is 0 Å². The molecule has 1 heterocycles. The van der Waals surface area contributed by atoms with Crippen LogP contribution in [0.25, 0.3) is 6.08 Å². The van der Waals surface area contributed by atoms with Gasteiger partial charge in [-0.1, -0.05) is 12.1 Å². The molecule has 2 rings (SSSR count). The van der Waals surface area contributed by atoms with Gasteiger partial charge in [0.25, 0.3) is 5.91 Å². The molecule has 0 radical (unpaired) electrons. The average Bonchev–Trinajstić information content (AvgIpc) is 2.88. The fourth-order valence-corrected chi connectivity index (χ4v) is 2.48. The van der Waals surface area contributed by atoms with E-state index in [4.69, 9.17) is 5.11 Å². The van der Waals surface area contributed by atoms with Gasteiger partial charge in [-0.05, 0) is 49.7 Å². The number of carboxylic acid groups (broad SMARTS) is 1. The zero-order chi connectivity index (χ0) is 15.2. The van der Waals surface area contributed by atoms with E-state index in [0.29, 0.717) is 23.6 Å². The van der Waals surface area contributed by atoms with Crippen LogP contribution in [-0.2, 0) is 4.79 Å². The molecule has 1 aliphatic rings. The van der Waals surface area contributed by atoms with Crippen LogP contribution >= 0.6 is 0 Å². The number of carboxylic acids is 1. The SMILES string of the molecule is CN1CCC(CNC(=O)c2cccc(C=CC(=O)O)c2)C1. The molecule has 1 fully saturated rings. The fourth-order valence-electron chi connectivity index (χ4n) is 2.48. The van der Waals surface area contributed by atoms with Gasteiger partial charge in [-0.25, -0.2) is 4.79 Å². The van der Waals surface area contributed by atoms with Crippen LogP contribution in [0.15, 0.2) is 30.3 Å². The van der Waals surface area contributed by atoms with E-state index in [0.717, 1.165) is 25.6 Å². The number of likely N-dealkylation sites (tertiary alicyclic amines) is 1. The van der Waals surface area contributed by atoms with Gasteiger partial charge in [-0.15, -0.1) is 0 Å². The molecule has 0 spiro atoms. The molecule has 1 aromatic rings. The summed E-state index contributed by atoms with van der Waals surface area (Å²) >= 11 is 0. The number of rotatable bonds is 5. The number of nitrogens with one attached hydrogen (secondary N) is 1. The van der Waals surface area contributed by atoms with Crippen molar-refractivity contribution in [1.29, 1.82) is 0 Å². The van der Waals surface area contributed by atoms with E-state index in [9.17, 15) is 9.59 Å². The van der Waals surface area contributed by atoms with Crippen molar-refractivity contribution in [2.45, 2.75) is 6.42 Å². The van der Waals surface area contributed by atoms with Crippen molar-refractivity contribution in [1.82, 2.24) is 10.2 Å². The number of nitrogens with zero attached hydrogens (tertiary/aromatic N) is 1. The van der Waals surface area contributed by atoms with Crippen molar-refractivity contribution >= 4 is 18.0 Å². The predicted molar refractivity (Wildman–Crippen MR) is 81.0 cm³/mol. The molecule has 5 nitrogen and oxygen atoms in total. The van der Waals surface area contributed by atoms with Crippen LogP contribution in [-0.4, -0.2) is 48.6 Å². The Morgan fingerprint density at radius 3 is 2.95 bits per heavy atom. The highest BCUT2D eigenvalue weighted by atomic mass is 16.4. The molecule has 0 aromatic heterocycles. The molecule has 2 N–H and O–H groups in total. The number of carbonyl (C=O) groups is 2. The van der Waals surface area contributed by atoms with Crippen molar-refractivity contribution in [3.63, 3.8) is 0 Å². The molecule has 1 saturated heterocycles. The van der Waals surface area contributed by atoms with Crippen LogP contribution in [0.3, 0.4) is 0 Å². The van der Waals surface area contributed by atoms with Gasteiger partial charge in [0.05, 0.1) is 0 Å². The minimum atomic E-state index is -1.00. The molecular weight excluding hydrogens is 268 g/mol. The summed E-state index contributed by atoms with van der Waals surface area (Å²) in [6.07, 6.45) is 3.65. The lowest BCUT2D eigenvalue weighted by atomic mass is 10.1. The third-order valence-corrected chi connectivity index (χ3v) is 3.61. The summed E-state index contributed by atoms with van der Waals surface area (Å²) in [6.45, 7) is 2.77. The molecule has 0 saturated carbocycles. The van der Waals surface area contributed by atoms with Gasteiger partial charge in [0, 0.05) is 24.7 Å². The molecule has 5 heteroatoms. The molecule has 1 aliphatic heterocycles. The van der Waals surface area contributed by atoms with E-state index in [2.05, 4.69) is 17.3 Å². The van der Waals surface area contributed by atoms with E-state index >= 15 is 0 Å². The summed E-state index contributed by atoms with van der Waals surface area (Å²) < 4.78 is 0. The van der Waals surface area contributed by atoms with Crippen LogP contribution in [0.1, 0.15) is 22.3 Å². The van der Waals surface area contributed by atoms with Gasteiger partial charge in [0.1, 0.15) is 0 Å². The molecule has 0 bridgehead atoms. The Bertz CT molecular complexity index is 554. The maximum absolute atomic E-state index is 12.1. The first kappa shape index (κ1) is 15.3. The maximum Gasteiger partial charge on any atom is 0.328 e. The number of hydrogen-bond donors (Lipinski definition) is 2. The minimum Gasteiger partial charge on any atom is -0.478 e. The zero-order valence-electron chi connectivity index (χ0n) is 12.1. The lowest BCUT2D eigenvalue weighted by Gasteiger charge is -2.12. The number of aliphatic carboxylic acids is 1. The molecule has 0 aliphatic carbocycles. The highest BCUT2D eigenvalue weighted by molar-refractivity contribution is 5.95. The summed E-state index contributed by atoms with van der Waals surface area (Å²) in [7, 11) is 2.08. The third kappa shape index (κ3) is 4.72. The first-order chi connectivity index (χ1) is 10.0. The largest absolute Gasteiger partial charge is 0.478 e. The average molecular weight is 288 g/mol. The lowest BCUT2D eigenvalue weighted by molar-refractivity contribution is -0.131. The second-order valence-corrected chi connectivity index (χ2v) is 5.42. The summed E-state index contributed by atoms with van der Waals surface area (Å²) in [5.74, 6) is -0.612. The fraction of sp³-hybridized carbons (Fsp3) is 0.375. The van der Waals surface area contributed by atoms with E-state index in [1.165, 1.54) is 6.08 Å². The smallest absolute Gasteiger partial charge is 0.328 e. The number of benzene rings is 1. The van der Waals surface area contributed by atoms with Crippen molar-refractivity contribution < 1.29 is 14.7 Å². The molecule has 1 aromatic carbocycles. The standard InChI is InChI=1S/C16H20N2O3/c1-18-8-7-13(11-18)10-17-16(21)14-4-2-3-12(9-14)5-6-15(19)20/h2-6,9,13H,7-8,10-11H2,1H3,(H,17,21)(H,19,20). The summed E-state index contributed by atoms with van der Waals surface area (Å²) in [5.41, 5.74) is 1.25. The Morgan fingerprint density at radius 2 is 2.29 bits per heavy atom. The number of carbonyl (C=O) groups excluding carboxylic acids is 1. The molecule has 1 unspecified atom stereocenters. The Hall–Kier alpha value is -2.14. The van der Waals surface area contributed by atoms with Crippen LogP contribution in [0.5, 0.6) is 0 Å². The molecule has 1 atom stereocenters. The summed E-state index contributed by atoms with van der Waals surface area (Å²) in [5, 5.41) is 11.6.